The highest BCUT2D eigenvalue weighted by atomic mass is 35.5. The van der Waals surface area contributed by atoms with Crippen molar-refractivity contribution < 1.29 is 0 Å². The number of aromatic nitrogens is 1. The van der Waals surface area contributed by atoms with Gasteiger partial charge in [0, 0.05) is 0 Å². The van der Waals surface area contributed by atoms with Crippen LogP contribution in [0.25, 0.3) is 0 Å². The molecule has 0 bridgehead atoms. The Labute approximate surface area is 78.5 Å². The maximum Gasteiger partial charge on any atom is 0.189 e. The third kappa shape index (κ3) is 1.37. The summed E-state index contributed by atoms with van der Waals surface area (Å²) in [6.07, 6.45) is 1.64. The molecule has 1 aliphatic rings. The molecule has 1 atom stereocenters. The Hall–Kier alpha value is -0.810. The standard InChI is InChI=1S/C6H7ClN4S/c7-4-2-9-5(12-4)3-1-10-6(8)11-3/h2-3H,1H2,(H3,8,10,11). The number of nitrogens with two attached hydrogens (primary N) is 1. The van der Waals surface area contributed by atoms with Gasteiger partial charge in [0.15, 0.2) is 5.96 Å². The van der Waals surface area contributed by atoms with Gasteiger partial charge in [-0.3, -0.25) is 4.99 Å². The molecule has 0 spiro atoms. The number of nitrogens with one attached hydrogen (secondary N) is 1. The second-order valence-corrected chi connectivity index (χ2v) is 4.12. The summed E-state index contributed by atoms with van der Waals surface area (Å²) in [5.41, 5.74) is 5.45. The lowest BCUT2D eigenvalue weighted by atomic mass is 10.3. The first kappa shape index (κ1) is 7.82. The highest BCUT2D eigenvalue weighted by Gasteiger charge is 2.19. The molecule has 0 saturated heterocycles. The predicted octanol–water partition coefficient (Wildman–Crippen LogP) is 0.755. The molecule has 6 heteroatoms. The van der Waals surface area contributed by atoms with Gasteiger partial charge in [-0.2, -0.15) is 0 Å². The number of halogens is 1. The molecule has 3 N–H and O–H groups in total. The van der Waals surface area contributed by atoms with E-state index in [2.05, 4.69) is 15.3 Å². The third-order valence-corrected chi connectivity index (χ3v) is 2.79. The quantitative estimate of drug-likeness (QED) is 0.707. The number of nitrogens with zero attached hydrogens (tertiary/aromatic N) is 2. The second-order valence-electron chi connectivity index (χ2n) is 2.43. The van der Waals surface area contributed by atoms with Gasteiger partial charge in [0.05, 0.1) is 12.7 Å². The Kier molecular flexibility index (Phi) is 1.90. The van der Waals surface area contributed by atoms with Gasteiger partial charge in [-0.05, 0) is 0 Å². The number of hydrogen-bond acceptors (Lipinski definition) is 5. The van der Waals surface area contributed by atoms with Crippen LogP contribution in [0.5, 0.6) is 0 Å². The van der Waals surface area contributed by atoms with Gasteiger partial charge in [0.25, 0.3) is 0 Å². The zero-order valence-electron chi connectivity index (χ0n) is 6.12. The normalized spacial score (nSPS) is 22.1. The van der Waals surface area contributed by atoms with Crippen LogP contribution in [0.3, 0.4) is 0 Å². The SMILES string of the molecule is NC1=NCC(c2ncc(Cl)s2)N1. The third-order valence-electron chi connectivity index (χ3n) is 1.56. The Bertz CT molecular complexity index is 321. The molecule has 1 aromatic heterocycles. The molecule has 1 aromatic rings. The van der Waals surface area contributed by atoms with Crippen molar-refractivity contribution in [2.24, 2.45) is 10.7 Å². The zero-order chi connectivity index (χ0) is 8.55. The van der Waals surface area contributed by atoms with Crippen molar-refractivity contribution in [1.29, 1.82) is 0 Å². The van der Waals surface area contributed by atoms with Crippen molar-refractivity contribution in [2.45, 2.75) is 6.04 Å². The molecule has 64 valence electrons. The lowest BCUT2D eigenvalue weighted by Gasteiger charge is -2.04. The minimum atomic E-state index is 0.113. The average molecular weight is 203 g/mol. The Morgan fingerprint density at radius 3 is 3.08 bits per heavy atom. The summed E-state index contributed by atoms with van der Waals surface area (Å²) in [5.74, 6) is 0.478. The van der Waals surface area contributed by atoms with Gasteiger partial charge in [-0.1, -0.05) is 11.6 Å². The van der Waals surface area contributed by atoms with Crippen LogP contribution >= 0.6 is 22.9 Å². The van der Waals surface area contributed by atoms with Gasteiger partial charge in [-0.25, -0.2) is 4.98 Å². The molecular weight excluding hydrogens is 196 g/mol. The summed E-state index contributed by atoms with van der Waals surface area (Å²) >= 11 is 7.18. The zero-order valence-corrected chi connectivity index (χ0v) is 7.69. The lowest BCUT2D eigenvalue weighted by Crippen LogP contribution is -2.29. The van der Waals surface area contributed by atoms with Gasteiger partial charge in [-0.15, -0.1) is 11.3 Å². The van der Waals surface area contributed by atoms with E-state index in [1.54, 1.807) is 6.20 Å². The van der Waals surface area contributed by atoms with E-state index < -0.39 is 0 Å². The molecule has 0 aliphatic carbocycles. The fourth-order valence-corrected chi connectivity index (χ4v) is 2.00. The molecule has 0 saturated carbocycles. The Morgan fingerprint density at radius 1 is 1.75 bits per heavy atom. The first-order valence-electron chi connectivity index (χ1n) is 3.43. The highest BCUT2D eigenvalue weighted by molar-refractivity contribution is 7.15. The number of aliphatic imine (C=N–C) groups is 1. The summed E-state index contributed by atoms with van der Waals surface area (Å²) in [6, 6.07) is 0.113. The summed E-state index contributed by atoms with van der Waals surface area (Å²) in [4.78, 5) is 8.14. The van der Waals surface area contributed by atoms with E-state index >= 15 is 0 Å². The molecule has 1 aliphatic heterocycles. The monoisotopic (exact) mass is 202 g/mol. The van der Waals surface area contributed by atoms with Crippen molar-refractivity contribution in [3.8, 4) is 0 Å². The molecule has 0 radical (unpaired) electrons. The van der Waals surface area contributed by atoms with E-state index in [4.69, 9.17) is 17.3 Å². The largest absolute Gasteiger partial charge is 0.370 e. The number of guanidine groups is 1. The average Bonchev–Trinajstić information content (AvgIpc) is 2.58. The van der Waals surface area contributed by atoms with Gasteiger partial charge in [0.1, 0.15) is 15.4 Å². The van der Waals surface area contributed by atoms with Crippen molar-refractivity contribution >= 4 is 28.9 Å². The summed E-state index contributed by atoms with van der Waals surface area (Å²) < 4.78 is 0.692. The predicted molar refractivity (Wildman–Crippen MR) is 49.5 cm³/mol. The van der Waals surface area contributed by atoms with E-state index in [0.29, 0.717) is 16.8 Å². The van der Waals surface area contributed by atoms with Crippen LogP contribution in [-0.2, 0) is 0 Å². The van der Waals surface area contributed by atoms with Crippen LogP contribution in [0.1, 0.15) is 11.0 Å². The fraction of sp³-hybridized carbons (Fsp3) is 0.333. The van der Waals surface area contributed by atoms with E-state index in [1.807, 2.05) is 0 Å². The van der Waals surface area contributed by atoms with Crippen LogP contribution in [0.15, 0.2) is 11.2 Å². The van der Waals surface area contributed by atoms with Gasteiger partial charge in [0.2, 0.25) is 0 Å². The first-order chi connectivity index (χ1) is 5.75. The maximum absolute atomic E-state index is 5.73. The van der Waals surface area contributed by atoms with Crippen LogP contribution in [0.4, 0.5) is 0 Å². The first-order valence-corrected chi connectivity index (χ1v) is 4.63. The molecule has 0 aromatic carbocycles. The molecule has 4 nitrogen and oxygen atoms in total. The van der Waals surface area contributed by atoms with E-state index in [0.717, 1.165) is 5.01 Å². The van der Waals surface area contributed by atoms with Gasteiger partial charge < -0.3 is 11.1 Å². The Morgan fingerprint density at radius 2 is 2.58 bits per heavy atom. The Balaban J connectivity index is 2.13. The van der Waals surface area contributed by atoms with Gasteiger partial charge >= 0.3 is 0 Å². The van der Waals surface area contributed by atoms with Crippen molar-refractivity contribution in [2.75, 3.05) is 6.54 Å². The van der Waals surface area contributed by atoms with Crippen LogP contribution in [-0.4, -0.2) is 17.5 Å². The summed E-state index contributed by atoms with van der Waals surface area (Å²) in [5, 5.41) is 3.93. The minimum absolute atomic E-state index is 0.113. The molecule has 1 unspecified atom stereocenters. The topological polar surface area (TPSA) is 63.3 Å². The van der Waals surface area contributed by atoms with Crippen LogP contribution in [0, 0.1) is 0 Å². The number of rotatable bonds is 1. The van der Waals surface area contributed by atoms with E-state index in [1.165, 1.54) is 11.3 Å². The smallest absolute Gasteiger partial charge is 0.189 e. The fourth-order valence-electron chi connectivity index (χ4n) is 1.03. The number of thiazole rings is 1. The molecule has 2 rings (SSSR count). The van der Waals surface area contributed by atoms with Crippen molar-refractivity contribution in [3.05, 3.63) is 15.5 Å². The molecular formula is C6H7ClN4S. The molecule has 12 heavy (non-hydrogen) atoms. The molecule has 0 fully saturated rings. The second kappa shape index (κ2) is 2.91. The lowest BCUT2D eigenvalue weighted by molar-refractivity contribution is 0.701. The van der Waals surface area contributed by atoms with E-state index in [-0.39, 0.29) is 6.04 Å². The summed E-state index contributed by atoms with van der Waals surface area (Å²) in [7, 11) is 0. The highest BCUT2D eigenvalue weighted by Crippen LogP contribution is 2.25. The van der Waals surface area contributed by atoms with E-state index in [9.17, 15) is 0 Å². The molecule has 0 amide bonds. The van der Waals surface area contributed by atoms with Crippen LogP contribution in [0.2, 0.25) is 4.34 Å². The summed E-state index contributed by atoms with van der Waals surface area (Å²) in [6.45, 7) is 0.648. The maximum atomic E-state index is 5.73. The van der Waals surface area contributed by atoms with Crippen molar-refractivity contribution in [1.82, 2.24) is 10.3 Å². The van der Waals surface area contributed by atoms with Crippen LogP contribution < -0.4 is 11.1 Å². The van der Waals surface area contributed by atoms with Crippen molar-refractivity contribution in [3.63, 3.8) is 0 Å². The molecule has 2 heterocycles. The minimum Gasteiger partial charge on any atom is -0.370 e. The number of hydrogen-bond donors (Lipinski definition) is 2.